The third-order valence-corrected chi connectivity index (χ3v) is 3.45. The van der Waals surface area contributed by atoms with Crippen LogP contribution in [-0.4, -0.2) is 16.2 Å². The van der Waals surface area contributed by atoms with Gasteiger partial charge in [-0.15, -0.1) is 0 Å². The number of nitrogens with zero attached hydrogens (tertiary/aromatic N) is 3. The van der Waals surface area contributed by atoms with Gasteiger partial charge in [0.1, 0.15) is 0 Å². The molecule has 0 radical (unpaired) electrons. The van der Waals surface area contributed by atoms with Crippen LogP contribution in [0.15, 0.2) is 28.8 Å². The second kappa shape index (κ2) is 6.74. The van der Waals surface area contributed by atoms with Crippen molar-refractivity contribution in [3.8, 4) is 0 Å². The minimum absolute atomic E-state index is 0.367. The second-order valence-corrected chi connectivity index (χ2v) is 6.21. The van der Waals surface area contributed by atoms with Gasteiger partial charge in [-0.1, -0.05) is 37.2 Å². The maximum absolute atomic E-state index is 5.40. The van der Waals surface area contributed by atoms with Crippen LogP contribution in [0.1, 0.15) is 45.0 Å². The zero-order chi connectivity index (χ0) is 15.4. The molecule has 0 atom stereocenters. The molecule has 1 heterocycles. The van der Waals surface area contributed by atoms with Gasteiger partial charge >= 0.3 is 0 Å². The molecule has 0 unspecified atom stereocenters. The zero-order valence-electron chi connectivity index (χ0n) is 13.6. The first-order valence-corrected chi connectivity index (χ1v) is 7.61. The van der Waals surface area contributed by atoms with Crippen LogP contribution in [0.5, 0.6) is 0 Å². The lowest BCUT2D eigenvalue weighted by atomic mass is 10.1. The van der Waals surface area contributed by atoms with E-state index in [4.69, 9.17) is 4.52 Å². The highest BCUT2D eigenvalue weighted by atomic mass is 16.5. The fourth-order valence-corrected chi connectivity index (χ4v) is 2.38. The third-order valence-electron chi connectivity index (χ3n) is 3.45. The summed E-state index contributed by atoms with van der Waals surface area (Å²) in [4.78, 5) is 6.80. The van der Waals surface area contributed by atoms with E-state index < -0.39 is 0 Å². The molecule has 4 heteroatoms. The Balaban J connectivity index is 2.17. The maximum atomic E-state index is 5.40. The highest BCUT2D eigenvalue weighted by Gasteiger charge is 2.17. The van der Waals surface area contributed by atoms with E-state index in [9.17, 15) is 0 Å². The summed E-state index contributed by atoms with van der Waals surface area (Å²) in [5.41, 5.74) is 2.48. The second-order valence-electron chi connectivity index (χ2n) is 6.21. The molecule has 0 spiro atoms. The first-order valence-electron chi connectivity index (χ1n) is 7.61. The van der Waals surface area contributed by atoms with Crippen LogP contribution in [0.2, 0.25) is 0 Å². The van der Waals surface area contributed by atoms with Crippen molar-refractivity contribution in [1.29, 1.82) is 0 Å². The largest absolute Gasteiger partial charge is 0.360 e. The lowest BCUT2D eigenvalue weighted by Crippen LogP contribution is -2.30. The van der Waals surface area contributed by atoms with Gasteiger partial charge in [-0.3, -0.25) is 0 Å². The van der Waals surface area contributed by atoms with Crippen LogP contribution in [0, 0.1) is 12.8 Å². The summed E-state index contributed by atoms with van der Waals surface area (Å²) in [6.45, 7) is 11.4. The SMILES string of the molecule is Cc1ccccc1N(Cc1nc(CC(C)C)no1)C(C)C. The number of aromatic nitrogens is 2. The molecular weight excluding hydrogens is 262 g/mol. The normalized spacial score (nSPS) is 11.4. The maximum Gasteiger partial charge on any atom is 0.246 e. The van der Waals surface area contributed by atoms with Gasteiger partial charge in [0.25, 0.3) is 0 Å². The van der Waals surface area contributed by atoms with Gasteiger partial charge in [-0.2, -0.15) is 4.98 Å². The average molecular weight is 287 g/mol. The number of para-hydroxylation sites is 1. The molecule has 0 amide bonds. The predicted molar refractivity (Wildman–Crippen MR) is 85.3 cm³/mol. The van der Waals surface area contributed by atoms with Crippen molar-refractivity contribution in [2.75, 3.05) is 4.90 Å². The van der Waals surface area contributed by atoms with Gasteiger partial charge in [0.15, 0.2) is 5.82 Å². The van der Waals surface area contributed by atoms with Crippen LogP contribution >= 0.6 is 0 Å². The van der Waals surface area contributed by atoms with Crippen molar-refractivity contribution in [3.05, 3.63) is 41.5 Å². The van der Waals surface area contributed by atoms with E-state index in [1.165, 1.54) is 11.3 Å². The Morgan fingerprint density at radius 3 is 2.48 bits per heavy atom. The van der Waals surface area contributed by atoms with Crippen LogP contribution in [0.4, 0.5) is 5.69 Å². The highest BCUT2D eigenvalue weighted by molar-refractivity contribution is 5.53. The quantitative estimate of drug-likeness (QED) is 0.805. The van der Waals surface area contributed by atoms with Crippen molar-refractivity contribution >= 4 is 5.69 Å². The summed E-state index contributed by atoms with van der Waals surface area (Å²) < 4.78 is 5.40. The zero-order valence-corrected chi connectivity index (χ0v) is 13.6. The standard InChI is InChI=1S/C17H25N3O/c1-12(2)10-16-18-17(21-19-16)11-20(13(3)4)15-9-7-6-8-14(15)5/h6-9,12-13H,10-11H2,1-5H3. The number of aryl methyl sites for hydroxylation is 1. The first kappa shape index (κ1) is 15.5. The molecule has 114 valence electrons. The Hall–Kier alpha value is -1.84. The van der Waals surface area contributed by atoms with Crippen molar-refractivity contribution in [2.45, 2.75) is 53.6 Å². The number of rotatable bonds is 6. The Morgan fingerprint density at radius 1 is 1.14 bits per heavy atom. The molecule has 2 rings (SSSR count). The summed E-state index contributed by atoms with van der Waals surface area (Å²) in [5, 5.41) is 4.07. The van der Waals surface area contributed by atoms with E-state index in [2.05, 4.69) is 73.9 Å². The first-order chi connectivity index (χ1) is 9.97. The molecule has 0 bridgehead atoms. The summed E-state index contributed by atoms with van der Waals surface area (Å²) >= 11 is 0. The van der Waals surface area contributed by atoms with E-state index in [1.807, 2.05) is 0 Å². The van der Waals surface area contributed by atoms with Crippen molar-refractivity contribution < 1.29 is 4.52 Å². The summed E-state index contributed by atoms with van der Waals surface area (Å²) in [6.07, 6.45) is 0.857. The lowest BCUT2D eigenvalue weighted by molar-refractivity contribution is 0.366. The Bertz CT molecular complexity index is 575. The lowest BCUT2D eigenvalue weighted by Gasteiger charge is -2.28. The fourth-order valence-electron chi connectivity index (χ4n) is 2.38. The minimum Gasteiger partial charge on any atom is -0.360 e. The number of hydrogen-bond acceptors (Lipinski definition) is 4. The van der Waals surface area contributed by atoms with Crippen LogP contribution in [-0.2, 0) is 13.0 Å². The predicted octanol–water partition coefficient (Wildman–Crippen LogP) is 3.99. The molecule has 2 aromatic rings. The fraction of sp³-hybridized carbons (Fsp3) is 0.529. The number of hydrogen-bond donors (Lipinski definition) is 0. The van der Waals surface area contributed by atoms with Gasteiger partial charge in [0, 0.05) is 18.2 Å². The molecule has 0 fully saturated rings. The third kappa shape index (κ3) is 4.06. The molecule has 1 aromatic heterocycles. The average Bonchev–Trinajstić information content (AvgIpc) is 2.83. The smallest absolute Gasteiger partial charge is 0.246 e. The van der Waals surface area contributed by atoms with Gasteiger partial charge in [0.05, 0.1) is 6.54 Å². The molecule has 0 aliphatic rings. The summed E-state index contributed by atoms with van der Waals surface area (Å²) in [5.74, 6) is 2.02. The Kier molecular flexibility index (Phi) is 4.99. The van der Waals surface area contributed by atoms with E-state index in [0.29, 0.717) is 24.4 Å². The van der Waals surface area contributed by atoms with E-state index >= 15 is 0 Å². The molecular formula is C17H25N3O. The molecule has 0 N–H and O–H groups in total. The number of benzene rings is 1. The van der Waals surface area contributed by atoms with Crippen LogP contribution in [0.25, 0.3) is 0 Å². The van der Waals surface area contributed by atoms with Crippen molar-refractivity contribution in [3.63, 3.8) is 0 Å². The van der Waals surface area contributed by atoms with E-state index in [1.54, 1.807) is 0 Å². The number of anilines is 1. The molecule has 0 aliphatic carbocycles. The van der Waals surface area contributed by atoms with Crippen LogP contribution < -0.4 is 4.90 Å². The monoisotopic (exact) mass is 287 g/mol. The Morgan fingerprint density at radius 2 is 1.86 bits per heavy atom. The summed E-state index contributed by atoms with van der Waals surface area (Å²) in [7, 11) is 0. The molecule has 0 saturated heterocycles. The minimum atomic E-state index is 0.367. The van der Waals surface area contributed by atoms with E-state index in [0.717, 1.165) is 12.2 Å². The van der Waals surface area contributed by atoms with Gasteiger partial charge < -0.3 is 9.42 Å². The molecule has 0 aliphatic heterocycles. The van der Waals surface area contributed by atoms with Crippen molar-refractivity contribution in [1.82, 2.24) is 10.1 Å². The Labute approximate surface area is 127 Å². The molecule has 4 nitrogen and oxygen atoms in total. The molecule has 1 aromatic carbocycles. The van der Waals surface area contributed by atoms with Gasteiger partial charge in [-0.25, -0.2) is 0 Å². The van der Waals surface area contributed by atoms with Gasteiger partial charge in [-0.05, 0) is 38.3 Å². The van der Waals surface area contributed by atoms with Crippen molar-refractivity contribution in [2.24, 2.45) is 5.92 Å². The highest BCUT2D eigenvalue weighted by Crippen LogP contribution is 2.23. The molecule has 21 heavy (non-hydrogen) atoms. The van der Waals surface area contributed by atoms with E-state index in [-0.39, 0.29) is 0 Å². The van der Waals surface area contributed by atoms with Crippen LogP contribution in [0.3, 0.4) is 0 Å². The van der Waals surface area contributed by atoms with Gasteiger partial charge in [0.2, 0.25) is 5.89 Å². The summed E-state index contributed by atoms with van der Waals surface area (Å²) in [6, 6.07) is 8.76. The topological polar surface area (TPSA) is 42.2 Å². The molecule has 0 saturated carbocycles.